The number of ether oxygens (including phenoxy) is 2. The molecule has 0 aromatic heterocycles. The molecule has 0 amide bonds. The number of esters is 1. The Morgan fingerprint density at radius 1 is 1.32 bits per heavy atom. The molecule has 4 bridgehead atoms. The molecule has 114 valence electrons. The van der Waals surface area contributed by atoms with E-state index in [-0.39, 0.29) is 42.0 Å². The van der Waals surface area contributed by atoms with Gasteiger partial charge in [-0.1, -0.05) is 6.92 Å². The van der Waals surface area contributed by atoms with E-state index >= 15 is 0 Å². The van der Waals surface area contributed by atoms with Gasteiger partial charge in [-0.3, -0.25) is 4.79 Å². The molecule has 1 aromatic rings. The lowest BCUT2D eigenvalue weighted by atomic mass is 9.49. The molecule has 1 aromatic carbocycles. The highest BCUT2D eigenvalue weighted by atomic mass is 16.6. The van der Waals surface area contributed by atoms with Gasteiger partial charge >= 0.3 is 5.97 Å². The van der Waals surface area contributed by atoms with E-state index in [0.717, 1.165) is 24.0 Å². The van der Waals surface area contributed by atoms with Crippen molar-refractivity contribution in [3.05, 3.63) is 28.3 Å². The number of aryl methyl sites for hydroxylation is 1. The van der Waals surface area contributed by atoms with Crippen LogP contribution in [0.15, 0.2) is 6.07 Å². The third-order valence-corrected chi connectivity index (χ3v) is 7.36. The third kappa shape index (κ3) is 0.913. The number of hydrogen-bond donors (Lipinski definition) is 1. The molecule has 4 fully saturated rings. The highest BCUT2D eigenvalue weighted by molar-refractivity contribution is 5.84. The molecule has 22 heavy (non-hydrogen) atoms. The standard InChI is InChI=1S/C18H18O4/c1-6-9(19)5-8-3-4-18-7(2)14-16(22-17(18)20)12-13(18)11(8)10(6)15(12)21-14/h5,7,12-16,19H,3-4H2,1-2H3/t7?,12-,13-,14?,15?,16-,18-/m1/s1. The van der Waals surface area contributed by atoms with Crippen LogP contribution in [-0.4, -0.2) is 23.3 Å². The molecule has 3 unspecified atom stereocenters. The van der Waals surface area contributed by atoms with Crippen molar-refractivity contribution in [2.75, 3.05) is 0 Å². The average Bonchev–Trinajstić information content (AvgIpc) is 2.99. The number of carbonyl (C=O) groups is 1. The number of rotatable bonds is 0. The number of benzene rings is 1. The summed E-state index contributed by atoms with van der Waals surface area (Å²) in [4.78, 5) is 12.8. The summed E-state index contributed by atoms with van der Waals surface area (Å²) in [5.41, 5.74) is 4.21. The monoisotopic (exact) mass is 298 g/mol. The van der Waals surface area contributed by atoms with Gasteiger partial charge in [0, 0.05) is 17.8 Å². The number of fused-ring (bicyclic) bond motifs is 2. The Hall–Kier alpha value is -1.55. The maximum Gasteiger partial charge on any atom is 0.313 e. The summed E-state index contributed by atoms with van der Waals surface area (Å²) in [5, 5.41) is 10.3. The number of phenolic OH excluding ortho intramolecular Hbond substituents is 1. The first-order valence-corrected chi connectivity index (χ1v) is 8.27. The van der Waals surface area contributed by atoms with E-state index in [4.69, 9.17) is 9.47 Å². The van der Waals surface area contributed by atoms with Crippen LogP contribution in [0.1, 0.15) is 47.6 Å². The van der Waals surface area contributed by atoms with Crippen molar-refractivity contribution < 1.29 is 19.4 Å². The first-order chi connectivity index (χ1) is 10.6. The summed E-state index contributed by atoms with van der Waals surface area (Å²) in [6, 6.07) is 1.91. The van der Waals surface area contributed by atoms with Crippen LogP contribution in [0.4, 0.5) is 0 Å². The average molecular weight is 298 g/mol. The van der Waals surface area contributed by atoms with E-state index in [2.05, 4.69) is 6.92 Å². The quantitative estimate of drug-likeness (QED) is 0.747. The lowest BCUT2D eigenvalue weighted by Crippen LogP contribution is -2.64. The highest BCUT2D eigenvalue weighted by Gasteiger charge is 2.76. The maximum absolute atomic E-state index is 12.8. The third-order valence-electron chi connectivity index (χ3n) is 7.36. The number of hydrogen-bond acceptors (Lipinski definition) is 4. The van der Waals surface area contributed by atoms with Gasteiger partial charge in [-0.15, -0.1) is 0 Å². The topological polar surface area (TPSA) is 55.8 Å². The lowest BCUT2D eigenvalue weighted by molar-refractivity contribution is -0.215. The highest BCUT2D eigenvalue weighted by Crippen LogP contribution is 2.74. The fourth-order valence-electron chi connectivity index (χ4n) is 6.45. The van der Waals surface area contributed by atoms with Crippen molar-refractivity contribution in [1.29, 1.82) is 0 Å². The summed E-state index contributed by atoms with van der Waals surface area (Å²) in [5.74, 6) is 1.07. The smallest absolute Gasteiger partial charge is 0.313 e. The fourth-order valence-corrected chi connectivity index (χ4v) is 6.45. The molecule has 7 atom stereocenters. The second kappa shape index (κ2) is 3.21. The molecular weight excluding hydrogens is 280 g/mol. The number of carbonyl (C=O) groups excluding carboxylic acids is 1. The van der Waals surface area contributed by atoms with Gasteiger partial charge in [0.25, 0.3) is 0 Å². The van der Waals surface area contributed by atoms with Gasteiger partial charge in [0.1, 0.15) is 11.9 Å². The van der Waals surface area contributed by atoms with E-state index in [1.165, 1.54) is 11.1 Å². The summed E-state index contributed by atoms with van der Waals surface area (Å²) in [6.45, 7) is 4.14. The molecule has 1 N–H and O–H groups in total. The van der Waals surface area contributed by atoms with Crippen molar-refractivity contribution in [2.24, 2.45) is 17.3 Å². The van der Waals surface area contributed by atoms with Crippen molar-refractivity contribution in [1.82, 2.24) is 0 Å². The predicted molar refractivity (Wildman–Crippen MR) is 76.5 cm³/mol. The summed E-state index contributed by atoms with van der Waals surface area (Å²) < 4.78 is 12.2. The normalized spacial score (nSPS) is 48.7. The van der Waals surface area contributed by atoms with Crippen molar-refractivity contribution >= 4 is 5.97 Å². The van der Waals surface area contributed by atoms with Crippen LogP contribution in [0.3, 0.4) is 0 Å². The Morgan fingerprint density at radius 2 is 2.14 bits per heavy atom. The minimum absolute atomic E-state index is 0.00336. The Kier molecular flexibility index (Phi) is 1.74. The van der Waals surface area contributed by atoms with Crippen LogP contribution in [0.25, 0.3) is 0 Å². The first kappa shape index (κ1) is 11.9. The van der Waals surface area contributed by atoms with Crippen molar-refractivity contribution in [3.63, 3.8) is 0 Å². The van der Waals surface area contributed by atoms with Crippen LogP contribution in [0.2, 0.25) is 0 Å². The van der Waals surface area contributed by atoms with Crippen LogP contribution in [0, 0.1) is 24.2 Å². The number of phenols is 1. The van der Waals surface area contributed by atoms with Gasteiger partial charge in [-0.2, -0.15) is 0 Å². The zero-order chi connectivity index (χ0) is 15.0. The molecule has 1 spiro atoms. The maximum atomic E-state index is 12.8. The van der Waals surface area contributed by atoms with Gasteiger partial charge in [-0.05, 0) is 48.1 Å². The van der Waals surface area contributed by atoms with Crippen LogP contribution < -0.4 is 0 Å². The zero-order valence-corrected chi connectivity index (χ0v) is 12.6. The van der Waals surface area contributed by atoms with E-state index in [0.29, 0.717) is 5.75 Å². The zero-order valence-electron chi connectivity index (χ0n) is 12.6. The van der Waals surface area contributed by atoms with E-state index in [1.807, 2.05) is 13.0 Å². The Labute approximate surface area is 128 Å². The fraction of sp³-hybridized carbons (Fsp3) is 0.611. The van der Waals surface area contributed by atoms with E-state index in [1.54, 1.807) is 0 Å². The van der Waals surface area contributed by atoms with Gasteiger partial charge < -0.3 is 14.6 Å². The van der Waals surface area contributed by atoms with Crippen LogP contribution in [0.5, 0.6) is 5.75 Å². The second-order valence-electron chi connectivity index (χ2n) is 7.78. The first-order valence-electron chi connectivity index (χ1n) is 8.27. The van der Waals surface area contributed by atoms with Gasteiger partial charge in [0.15, 0.2) is 0 Å². The lowest BCUT2D eigenvalue weighted by Gasteiger charge is -2.57. The second-order valence-corrected chi connectivity index (χ2v) is 7.78. The molecule has 3 aliphatic carbocycles. The molecule has 3 aliphatic heterocycles. The molecule has 0 radical (unpaired) electrons. The minimum atomic E-state index is -0.402. The van der Waals surface area contributed by atoms with E-state index < -0.39 is 5.41 Å². The summed E-state index contributed by atoms with van der Waals surface area (Å²) >= 11 is 0. The van der Waals surface area contributed by atoms with Crippen LogP contribution in [-0.2, 0) is 20.7 Å². The number of aromatic hydroxyl groups is 1. The summed E-state index contributed by atoms with van der Waals surface area (Å²) in [7, 11) is 0. The molecule has 3 saturated heterocycles. The van der Waals surface area contributed by atoms with Crippen LogP contribution >= 0.6 is 0 Å². The molecule has 4 nitrogen and oxygen atoms in total. The minimum Gasteiger partial charge on any atom is -0.508 e. The van der Waals surface area contributed by atoms with Gasteiger partial charge in [0.05, 0.1) is 17.6 Å². The Morgan fingerprint density at radius 3 is 2.95 bits per heavy atom. The Bertz CT molecular complexity index is 769. The van der Waals surface area contributed by atoms with Crippen molar-refractivity contribution in [2.45, 2.75) is 50.9 Å². The predicted octanol–water partition coefficient (Wildman–Crippen LogP) is 2.36. The molecule has 6 aliphatic rings. The van der Waals surface area contributed by atoms with Gasteiger partial charge in [0.2, 0.25) is 0 Å². The Balaban J connectivity index is 1.75. The molecular formula is C18H18O4. The largest absolute Gasteiger partial charge is 0.508 e. The molecule has 7 rings (SSSR count). The van der Waals surface area contributed by atoms with E-state index in [9.17, 15) is 9.90 Å². The molecule has 1 saturated carbocycles. The summed E-state index contributed by atoms with van der Waals surface area (Å²) in [6.07, 6.45) is 1.60. The molecule has 3 heterocycles. The van der Waals surface area contributed by atoms with Crippen molar-refractivity contribution in [3.8, 4) is 5.75 Å². The van der Waals surface area contributed by atoms with Gasteiger partial charge in [-0.25, -0.2) is 0 Å². The molecule has 4 heteroatoms. The SMILES string of the molecule is Cc1c(O)cc2c3c1C1OC4C(C)[C@@]5(CC2)C(=O)O[C@@H]4[C@@H]1[C@@H]35.